The van der Waals surface area contributed by atoms with Crippen molar-refractivity contribution in [2.24, 2.45) is 0 Å². The number of aromatic nitrogens is 4. The maximum Gasteiger partial charge on any atom is 0.267 e. The number of rotatable bonds is 6. The minimum absolute atomic E-state index is 0.137. The first-order valence-electron chi connectivity index (χ1n) is 9.84. The van der Waals surface area contributed by atoms with Gasteiger partial charge in [0.25, 0.3) is 5.56 Å². The van der Waals surface area contributed by atoms with E-state index in [0.717, 1.165) is 11.3 Å². The first-order valence-corrected chi connectivity index (χ1v) is 10.8. The van der Waals surface area contributed by atoms with E-state index >= 15 is 0 Å². The molecule has 7 nitrogen and oxygen atoms in total. The van der Waals surface area contributed by atoms with Gasteiger partial charge in [-0.25, -0.2) is 4.57 Å². The van der Waals surface area contributed by atoms with Crippen molar-refractivity contribution in [2.45, 2.75) is 24.9 Å². The molecule has 4 aromatic rings. The topological polar surface area (TPSA) is 81.3 Å². The predicted molar refractivity (Wildman–Crippen MR) is 123 cm³/mol. The van der Waals surface area contributed by atoms with E-state index < -0.39 is 0 Å². The van der Waals surface area contributed by atoms with E-state index in [9.17, 15) is 9.59 Å². The van der Waals surface area contributed by atoms with Gasteiger partial charge >= 0.3 is 0 Å². The molecule has 2 heterocycles. The van der Waals surface area contributed by atoms with E-state index in [1.54, 1.807) is 10.6 Å². The Kier molecular flexibility index (Phi) is 5.78. The number of thioether (sulfide) groups is 1. The number of benzene rings is 2. The van der Waals surface area contributed by atoms with E-state index in [0.29, 0.717) is 21.8 Å². The van der Waals surface area contributed by atoms with Gasteiger partial charge in [0.05, 0.1) is 28.9 Å². The van der Waals surface area contributed by atoms with Gasteiger partial charge < -0.3 is 5.32 Å². The van der Waals surface area contributed by atoms with Crippen LogP contribution in [0.4, 0.5) is 0 Å². The lowest BCUT2D eigenvalue weighted by Gasteiger charge is -2.16. The molecular weight excluding hydrogens is 410 g/mol. The molecule has 1 N–H and O–H groups in total. The highest BCUT2D eigenvalue weighted by molar-refractivity contribution is 7.99. The van der Waals surface area contributed by atoms with E-state index in [-0.39, 0.29) is 29.7 Å². The largest absolute Gasteiger partial charge is 0.344 e. The van der Waals surface area contributed by atoms with Crippen LogP contribution < -0.4 is 10.9 Å². The lowest BCUT2D eigenvalue weighted by Crippen LogP contribution is -2.25. The van der Waals surface area contributed by atoms with Gasteiger partial charge in [0.15, 0.2) is 5.16 Å². The molecule has 0 spiro atoms. The van der Waals surface area contributed by atoms with E-state index in [1.807, 2.05) is 46.9 Å². The predicted octanol–water partition coefficient (Wildman–Crippen LogP) is 3.00. The molecule has 156 valence electrons. The number of para-hydroxylation sites is 2. The third kappa shape index (κ3) is 3.80. The van der Waals surface area contributed by atoms with E-state index in [1.165, 1.54) is 11.8 Å². The van der Waals surface area contributed by atoms with Crippen LogP contribution in [0.3, 0.4) is 0 Å². The molecule has 4 rings (SSSR count). The van der Waals surface area contributed by atoms with Gasteiger partial charge in [0.1, 0.15) is 0 Å². The number of carbonyl (C=O) groups excluding carboxylic acids is 1. The average molecular weight is 432 g/mol. The highest BCUT2D eigenvalue weighted by atomic mass is 32.2. The van der Waals surface area contributed by atoms with E-state index in [4.69, 9.17) is 6.42 Å². The number of amides is 1. The van der Waals surface area contributed by atoms with Crippen LogP contribution in [-0.4, -0.2) is 37.4 Å². The van der Waals surface area contributed by atoms with Crippen molar-refractivity contribution in [3.8, 4) is 18.0 Å². The molecule has 0 aliphatic heterocycles. The van der Waals surface area contributed by atoms with Crippen LogP contribution in [0.1, 0.15) is 25.3 Å². The van der Waals surface area contributed by atoms with Gasteiger partial charge in [0.2, 0.25) is 11.7 Å². The second-order valence-corrected chi connectivity index (χ2v) is 8.20. The zero-order valence-corrected chi connectivity index (χ0v) is 18.0. The summed E-state index contributed by atoms with van der Waals surface area (Å²) in [6.07, 6.45) is 5.19. The third-order valence-electron chi connectivity index (χ3n) is 4.91. The number of carbonyl (C=O) groups is 1. The second-order valence-electron chi connectivity index (χ2n) is 7.26. The summed E-state index contributed by atoms with van der Waals surface area (Å²) in [5, 5.41) is 12.3. The molecule has 1 amide bonds. The van der Waals surface area contributed by atoms with Gasteiger partial charge in [0, 0.05) is 0 Å². The molecule has 0 aliphatic rings. The Labute approximate surface area is 183 Å². The fourth-order valence-electron chi connectivity index (χ4n) is 3.50. The van der Waals surface area contributed by atoms with Gasteiger partial charge in [-0.05, 0) is 29.7 Å². The van der Waals surface area contributed by atoms with Gasteiger partial charge in [-0.2, -0.15) is 0 Å². The fraction of sp³-hybridized carbons (Fsp3) is 0.217. The highest BCUT2D eigenvalue weighted by Crippen LogP contribution is 2.26. The average Bonchev–Trinajstić information content (AvgIpc) is 3.20. The zero-order chi connectivity index (χ0) is 22.0. The SMILES string of the molecule is C#CCNC(=O)CSc1nnc2n(-c3ccccc3C(C)C)c(=O)c3ccccc3n12. The Morgan fingerprint density at radius 3 is 2.68 bits per heavy atom. The van der Waals surface area contributed by atoms with Crippen LogP contribution in [0, 0.1) is 12.3 Å². The summed E-state index contributed by atoms with van der Waals surface area (Å²) in [5.41, 5.74) is 2.34. The number of nitrogens with zero attached hydrogens (tertiary/aromatic N) is 4. The van der Waals surface area contributed by atoms with Crippen molar-refractivity contribution in [2.75, 3.05) is 12.3 Å². The first-order chi connectivity index (χ1) is 15.0. The minimum Gasteiger partial charge on any atom is -0.344 e. The van der Waals surface area contributed by atoms with Gasteiger partial charge in [-0.3, -0.25) is 14.0 Å². The minimum atomic E-state index is -0.192. The van der Waals surface area contributed by atoms with Crippen molar-refractivity contribution in [1.82, 2.24) is 24.5 Å². The maximum atomic E-state index is 13.5. The molecule has 31 heavy (non-hydrogen) atoms. The summed E-state index contributed by atoms with van der Waals surface area (Å²) in [7, 11) is 0. The molecule has 0 bridgehead atoms. The number of fused-ring (bicyclic) bond motifs is 3. The summed E-state index contributed by atoms with van der Waals surface area (Å²) in [5.74, 6) is 2.94. The normalized spacial score (nSPS) is 11.2. The van der Waals surface area contributed by atoms with Crippen LogP contribution in [0.15, 0.2) is 58.5 Å². The van der Waals surface area contributed by atoms with Crippen LogP contribution >= 0.6 is 11.8 Å². The number of nitrogens with one attached hydrogen (secondary N) is 1. The van der Waals surface area contributed by atoms with Crippen molar-refractivity contribution < 1.29 is 4.79 Å². The Morgan fingerprint density at radius 2 is 1.90 bits per heavy atom. The van der Waals surface area contributed by atoms with Gasteiger partial charge in [-0.1, -0.05) is 61.9 Å². The Morgan fingerprint density at radius 1 is 1.16 bits per heavy atom. The van der Waals surface area contributed by atoms with Crippen molar-refractivity contribution >= 4 is 34.3 Å². The molecular formula is C23H21N5O2S. The van der Waals surface area contributed by atoms with Crippen LogP contribution in [0.25, 0.3) is 22.4 Å². The molecule has 2 aromatic heterocycles. The standard InChI is InChI=1S/C23H21N5O2S/c1-4-13-24-20(29)14-31-23-26-25-22-27(18-11-7-5-9-16(18)15(2)3)21(30)17-10-6-8-12-19(17)28(22)23/h1,5-12,15H,13-14H2,2-3H3,(H,24,29). The maximum absolute atomic E-state index is 13.5. The Balaban J connectivity index is 1.94. The summed E-state index contributed by atoms with van der Waals surface area (Å²) in [6.45, 7) is 4.35. The first kappa shape index (κ1) is 20.7. The molecule has 0 fully saturated rings. The van der Waals surface area contributed by atoms with Crippen LogP contribution in [-0.2, 0) is 4.79 Å². The van der Waals surface area contributed by atoms with Crippen molar-refractivity contribution in [1.29, 1.82) is 0 Å². The van der Waals surface area contributed by atoms with Crippen LogP contribution in [0.2, 0.25) is 0 Å². The number of terminal acetylenes is 1. The third-order valence-corrected chi connectivity index (χ3v) is 5.84. The number of hydrogen-bond acceptors (Lipinski definition) is 5. The Bertz CT molecular complexity index is 1380. The summed E-state index contributed by atoms with van der Waals surface area (Å²) < 4.78 is 3.43. The lowest BCUT2D eigenvalue weighted by atomic mass is 10.0. The molecule has 0 saturated heterocycles. The molecule has 0 radical (unpaired) electrons. The summed E-state index contributed by atoms with van der Waals surface area (Å²) in [6, 6.07) is 15.1. The molecule has 0 aliphatic carbocycles. The second kappa shape index (κ2) is 8.66. The number of hydrogen-bond donors (Lipinski definition) is 1. The van der Waals surface area contributed by atoms with Crippen LogP contribution in [0.5, 0.6) is 0 Å². The van der Waals surface area contributed by atoms with Gasteiger partial charge in [-0.15, -0.1) is 16.6 Å². The monoisotopic (exact) mass is 431 g/mol. The molecule has 0 atom stereocenters. The quantitative estimate of drug-likeness (QED) is 0.375. The van der Waals surface area contributed by atoms with E-state index in [2.05, 4.69) is 35.3 Å². The summed E-state index contributed by atoms with van der Waals surface area (Å²) >= 11 is 1.24. The molecule has 8 heteroatoms. The smallest absolute Gasteiger partial charge is 0.267 e. The molecule has 0 unspecified atom stereocenters. The summed E-state index contributed by atoms with van der Waals surface area (Å²) in [4.78, 5) is 25.5. The van der Waals surface area contributed by atoms with Crippen molar-refractivity contribution in [3.63, 3.8) is 0 Å². The highest BCUT2D eigenvalue weighted by Gasteiger charge is 2.20. The zero-order valence-electron chi connectivity index (χ0n) is 17.2. The lowest BCUT2D eigenvalue weighted by molar-refractivity contribution is -0.118. The Hall–Kier alpha value is -3.57. The van der Waals surface area contributed by atoms with Crippen molar-refractivity contribution in [3.05, 3.63) is 64.4 Å². The molecule has 2 aromatic carbocycles. The fourth-order valence-corrected chi connectivity index (χ4v) is 4.27. The molecule has 0 saturated carbocycles.